The van der Waals surface area contributed by atoms with Gasteiger partial charge in [-0.3, -0.25) is 0 Å². The molecule has 0 saturated heterocycles. The second kappa shape index (κ2) is 9.16. The van der Waals surface area contributed by atoms with E-state index in [2.05, 4.69) is 21.7 Å². The normalized spacial score (nSPS) is 10.9. The minimum atomic E-state index is 0.903. The third-order valence-electron chi connectivity index (χ3n) is 2.39. The lowest BCUT2D eigenvalue weighted by Gasteiger charge is -2.03. The van der Waals surface area contributed by atoms with Crippen LogP contribution in [-0.2, 0) is 0 Å². The first-order chi connectivity index (χ1) is 5.77. The van der Waals surface area contributed by atoms with Crippen LogP contribution in [0.15, 0.2) is 0 Å². The first kappa shape index (κ1) is 12.1. The van der Waals surface area contributed by atoms with Gasteiger partial charge in [0.05, 0.1) is 0 Å². The maximum atomic E-state index is 2.32. The van der Waals surface area contributed by atoms with Crippen molar-refractivity contribution in [1.82, 2.24) is 0 Å². The van der Waals surface area contributed by atoms with Crippen molar-refractivity contribution in [1.29, 1.82) is 0 Å². The van der Waals surface area contributed by atoms with Gasteiger partial charge in [-0.2, -0.15) is 0 Å². The van der Waals surface area contributed by atoms with Crippen LogP contribution >= 0.6 is 0 Å². The topological polar surface area (TPSA) is 0 Å². The van der Waals surface area contributed by atoms with Gasteiger partial charge in [-0.1, -0.05) is 65.1 Å². The fourth-order valence-electron chi connectivity index (χ4n) is 1.51. The first-order valence-corrected chi connectivity index (χ1v) is 5.77. The van der Waals surface area contributed by atoms with E-state index < -0.39 is 0 Å². The second-order valence-corrected chi connectivity index (χ2v) is 4.30. The third kappa shape index (κ3) is 10.1. The van der Waals surface area contributed by atoms with E-state index in [-0.39, 0.29) is 0 Å². The van der Waals surface area contributed by atoms with Crippen LogP contribution < -0.4 is 0 Å². The Morgan fingerprint density at radius 3 is 1.83 bits per heavy atom. The fourth-order valence-corrected chi connectivity index (χ4v) is 1.51. The lowest BCUT2D eigenvalue weighted by molar-refractivity contribution is 0.514. The largest absolute Gasteiger partial charge is 0.101 e. The van der Waals surface area contributed by atoms with Crippen molar-refractivity contribution >= 4 is 7.85 Å². The van der Waals surface area contributed by atoms with Crippen molar-refractivity contribution in [2.45, 2.75) is 65.1 Å². The minimum absolute atomic E-state index is 0.903. The van der Waals surface area contributed by atoms with Gasteiger partial charge in [0.1, 0.15) is 7.85 Å². The zero-order valence-electron chi connectivity index (χ0n) is 9.23. The van der Waals surface area contributed by atoms with Crippen molar-refractivity contribution < 1.29 is 0 Å². The summed E-state index contributed by atoms with van der Waals surface area (Å²) in [7, 11) is 2.28. The van der Waals surface area contributed by atoms with E-state index in [0.29, 0.717) is 0 Å². The van der Waals surface area contributed by atoms with Gasteiger partial charge >= 0.3 is 0 Å². The van der Waals surface area contributed by atoms with Crippen LogP contribution in [0.25, 0.3) is 0 Å². The smallest absolute Gasteiger partial charge is 0.0811 e. The van der Waals surface area contributed by atoms with Crippen LogP contribution in [0.1, 0.15) is 58.8 Å². The highest BCUT2D eigenvalue weighted by molar-refractivity contribution is 6.08. The molecule has 1 heteroatoms. The van der Waals surface area contributed by atoms with E-state index in [1.165, 1.54) is 51.3 Å². The van der Waals surface area contributed by atoms with Crippen molar-refractivity contribution in [3.8, 4) is 0 Å². The molecule has 12 heavy (non-hydrogen) atoms. The van der Waals surface area contributed by atoms with Gasteiger partial charge in [0, 0.05) is 0 Å². The van der Waals surface area contributed by atoms with Crippen molar-refractivity contribution in [3.05, 3.63) is 0 Å². The molecule has 0 aromatic heterocycles. The fraction of sp³-hybridized carbons (Fsp3) is 1.00. The number of hydrogen-bond acceptors (Lipinski definition) is 0. The Hall–Kier alpha value is 0.0649. The van der Waals surface area contributed by atoms with Crippen LogP contribution in [0.3, 0.4) is 0 Å². The van der Waals surface area contributed by atoms with Gasteiger partial charge in [-0.15, -0.1) is 0 Å². The Kier molecular flexibility index (Phi) is 9.20. The molecule has 0 aliphatic carbocycles. The molecule has 0 nitrogen and oxygen atoms in total. The maximum Gasteiger partial charge on any atom is 0.101 e. The average Bonchev–Trinajstić information content (AvgIpc) is 2.02. The van der Waals surface area contributed by atoms with Gasteiger partial charge in [-0.05, 0) is 5.92 Å². The molecule has 0 heterocycles. The van der Waals surface area contributed by atoms with E-state index in [4.69, 9.17) is 0 Å². The van der Waals surface area contributed by atoms with E-state index in [0.717, 1.165) is 5.92 Å². The predicted octanol–water partition coefficient (Wildman–Crippen LogP) is 3.42. The molecule has 0 aliphatic rings. The Bertz CT molecular complexity index is 79.1. The van der Waals surface area contributed by atoms with Gasteiger partial charge in [-0.25, -0.2) is 0 Å². The number of unbranched alkanes of at least 4 members (excludes halogenated alkanes) is 5. The minimum Gasteiger partial charge on any atom is -0.0811 e. The number of hydrogen-bond donors (Lipinski definition) is 0. The van der Waals surface area contributed by atoms with Crippen molar-refractivity contribution in [2.75, 3.05) is 0 Å². The summed E-state index contributed by atoms with van der Waals surface area (Å²) in [6.07, 6.45) is 11.5. The van der Waals surface area contributed by atoms with E-state index >= 15 is 0 Å². The summed E-state index contributed by atoms with van der Waals surface area (Å²) in [6.45, 7) is 4.63. The second-order valence-electron chi connectivity index (χ2n) is 4.30. The predicted molar refractivity (Wildman–Crippen MR) is 60.5 cm³/mol. The molecule has 0 saturated carbocycles. The summed E-state index contributed by atoms with van der Waals surface area (Å²) in [5, 5.41) is 0. The lowest BCUT2D eigenvalue weighted by Crippen LogP contribution is -1.87. The van der Waals surface area contributed by atoms with E-state index in [1.54, 1.807) is 0 Å². The molecule has 0 aromatic rings. The molecule has 0 bridgehead atoms. The molecular formula is C11H25B. The van der Waals surface area contributed by atoms with Crippen LogP contribution in [0.4, 0.5) is 0 Å². The molecule has 0 unspecified atom stereocenters. The molecule has 0 rings (SSSR count). The average molecular weight is 168 g/mol. The highest BCUT2D eigenvalue weighted by Crippen LogP contribution is 2.11. The zero-order chi connectivity index (χ0) is 9.23. The summed E-state index contributed by atoms with van der Waals surface area (Å²) in [5.41, 5.74) is 0. The highest BCUT2D eigenvalue weighted by Gasteiger charge is 1.93. The summed E-state index contributed by atoms with van der Waals surface area (Å²) < 4.78 is 0. The van der Waals surface area contributed by atoms with Crippen LogP contribution in [0.2, 0.25) is 6.32 Å². The van der Waals surface area contributed by atoms with E-state index in [9.17, 15) is 0 Å². The van der Waals surface area contributed by atoms with E-state index in [1.807, 2.05) is 0 Å². The standard InChI is InChI=1S/C11H25B/c1-11(2)9-7-5-3-4-6-8-10-12/h11H,3-10,12H2,1-2H3. The molecule has 72 valence electrons. The molecule has 0 atom stereocenters. The Labute approximate surface area is 79.5 Å². The van der Waals surface area contributed by atoms with Crippen molar-refractivity contribution in [3.63, 3.8) is 0 Å². The molecule has 0 aliphatic heterocycles. The van der Waals surface area contributed by atoms with Gasteiger partial charge < -0.3 is 0 Å². The van der Waals surface area contributed by atoms with Crippen LogP contribution in [0, 0.1) is 5.92 Å². The Balaban J connectivity index is 2.82. The van der Waals surface area contributed by atoms with Crippen LogP contribution in [-0.4, -0.2) is 7.85 Å². The molecule has 0 fully saturated rings. The lowest BCUT2D eigenvalue weighted by atomic mass is 9.98. The molecule has 0 aromatic carbocycles. The van der Waals surface area contributed by atoms with Gasteiger partial charge in [0.25, 0.3) is 0 Å². The molecular weight excluding hydrogens is 143 g/mol. The highest BCUT2D eigenvalue weighted by atomic mass is 14.0. The first-order valence-electron chi connectivity index (χ1n) is 5.77. The van der Waals surface area contributed by atoms with Gasteiger partial charge in [0.2, 0.25) is 0 Å². The monoisotopic (exact) mass is 168 g/mol. The molecule has 0 spiro atoms. The quantitative estimate of drug-likeness (QED) is 0.384. The Morgan fingerprint density at radius 2 is 1.33 bits per heavy atom. The summed E-state index contributed by atoms with van der Waals surface area (Å²) in [5.74, 6) is 0.903. The SMILES string of the molecule is BCCCCCCCCC(C)C. The summed E-state index contributed by atoms with van der Waals surface area (Å²) in [6, 6.07) is 0. The Morgan fingerprint density at radius 1 is 0.833 bits per heavy atom. The maximum absolute atomic E-state index is 2.32. The molecule has 0 N–H and O–H groups in total. The van der Waals surface area contributed by atoms with Crippen LogP contribution in [0.5, 0.6) is 0 Å². The third-order valence-corrected chi connectivity index (χ3v) is 2.39. The van der Waals surface area contributed by atoms with Gasteiger partial charge in [0.15, 0.2) is 0 Å². The summed E-state index contributed by atoms with van der Waals surface area (Å²) in [4.78, 5) is 0. The molecule has 0 amide bonds. The zero-order valence-corrected chi connectivity index (χ0v) is 9.23. The molecule has 0 radical (unpaired) electrons. The summed E-state index contributed by atoms with van der Waals surface area (Å²) >= 11 is 0. The van der Waals surface area contributed by atoms with Crippen molar-refractivity contribution in [2.24, 2.45) is 5.92 Å². The number of rotatable bonds is 8.